The maximum absolute atomic E-state index is 3.61. The second-order valence-corrected chi connectivity index (χ2v) is 12.1. The molecule has 0 aliphatic carbocycles. The molecular weight excluding hydrogens is 598 g/mol. The lowest BCUT2D eigenvalue weighted by Crippen LogP contribution is -1.97. The Morgan fingerprint density at radius 1 is 0.341 bits per heavy atom. The van der Waals surface area contributed by atoms with E-state index in [0.29, 0.717) is 0 Å². The van der Waals surface area contributed by atoms with Crippen molar-refractivity contribution < 1.29 is 0 Å². The second-order valence-electron chi connectivity index (χ2n) is 11.1. The van der Waals surface area contributed by atoms with Crippen molar-refractivity contribution in [1.82, 2.24) is 4.57 Å². The highest BCUT2D eigenvalue weighted by molar-refractivity contribution is 9.10. The predicted octanol–water partition coefficient (Wildman–Crippen LogP) is 12.2. The number of para-hydroxylation sites is 2. The van der Waals surface area contributed by atoms with Crippen LogP contribution >= 0.6 is 15.9 Å². The average Bonchev–Trinajstić information content (AvgIpc) is 3.42. The first-order valence-corrected chi connectivity index (χ1v) is 15.7. The standard InChI is InChI=1S/C42H28BrN/c43-36-15-9-13-33(27-36)30-20-22-31(23-21-30)34-24-25-39-38-17-5-7-19-41(38)44(42(39)28-34)40-18-6-4-16-37(40)35-14-8-12-32(26-35)29-10-2-1-3-11-29/h1-28H. The van der Waals surface area contributed by atoms with Gasteiger partial charge in [-0.2, -0.15) is 0 Å². The van der Waals surface area contributed by atoms with Gasteiger partial charge < -0.3 is 4.57 Å². The van der Waals surface area contributed by atoms with E-state index >= 15 is 0 Å². The minimum absolute atomic E-state index is 1.09. The Hall–Kier alpha value is -5.18. The van der Waals surface area contributed by atoms with Gasteiger partial charge in [-0.1, -0.05) is 149 Å². The van der Waals surface area contributed by atoms with Crippen molar-refractivity contribution in [3.8, 4) is 50.2 Å². The third-order valence-corrected chi connectivity index (χ3v) is 8.97. The normalized spacial score (nSPS) is 11.3. The average molecular weight is 627 g/mol. The molecule has 1 nitrogen and oxygen atoms in total. The van der Waals surface area contributed by atoms with Gasteiger partial charge in [-0.05, 0) is 75.3 Å². The van der Waals surface area contributed by atoms with Crippen LogP contribution in [0, 0.1) is 0 Å². The Morgan fingerprint density at radius 3 is 1.68 bits per heavy atom. The highest BCUT2D eigenvalue weighted by Crippen LogP contribution is 2.39. The van der Waals surface area contributed by atoms with E-state index in [9.17, 15) is 0 Å². The first-order valence-electron chi connectivity index (χ1n) is 14.9. The lowest BCUT2D eigenvalue weighted by molar-refractivity contribution is 1.18. The molecule has 0 atom stereocenters. The highest BCUT2D eigenvalue weighted by Gasteiger charge is 2.16. The van der Waals surface area contributed by atoms with Crippen molar-refractivity contribution in [2.75, 3.05) is 0 Å². The molecule has 44 heavy (non-hydrogen) atoms. The Morgan fingerprint density at radius 2 is 0.886 bits per heavy atom. The molecule has 0 saturated heterocycles. The van der Waals surface area contributed by atoms with Crippen LogP contribution in [0.1, 0.15) is 0 Å². The molecule has 0 radical (unpaired) electrons. The zero-order valence-corrected chi connectivity index (χ0v) is 25.6. The topological polar surface area (TPSA) is 4.93 Å². The summed E-state index contributed by atoms with van der Waals surface area (Å²) < 4.78 is 3.53. The van der Waals surface area contributed by atoms with Crippen LogP contribution in [-0.2, 0) is 0 Å². The fraction of sp³-hybridized carbons (Fsp3) is 0. The summed E-state index contributed by atoms with van der Waals surface area (Å²) in [7, 11) is 0. The number of aromatic nitrogens is 1. The van der Waals surface area contributed by atoms with Crippen LogP contribution in [0.4, 0.5) is 0 Å². The van der Waals surface area contributed by atoms with Gasteiger partial charge in [-0.25, -0.2) is 0 Å². The lowest BCUT2D eigenvalue weighted by atomic mass is 9.97. The van der Waals surface area contributed by atoms with Gasteiger partial charge in [0.1, 0.15) is 0 Å². The second kappa shape index (κ2) is 11.1. The van der Waals surface area contributed by atoms with Crippen LogP contribution in [0.3, 0.4) is 0 Å². The number of hydrogen-bond donors (Lipinski definition) is 0. The first-order chi connectivity index (χ1) is 21.7. The zero-order chi connectivity index (χ0) is 29.5. The fourth-order valence-electron chi connectivity index (χ4n) is 6.34. The molecule has 0 saturated carbocycles. The molecule has 0 bridgehead atoms. The molecule has 8 aromatic rings. The van der Waals surface area contributed by atoms with Crippen LogP contribution < -0.4 is 0 Å². The maximum Gasteiger partial charge on any atom is 0.0547 e. The number of hydrogen-bond acceptors (Lipinski definition) is 0. The number of benzene rings is 7. The van der Waals surface area contributed by atoms with Crippen LogP contribution in [0.2, 0.25) is 0 Å². The SMILES string of the molecule is Brc1cccc(-c2ccc(-c3ccc4c5ccccc5n(-c5ccccc5-c5cccc(-c6ccccc6)c5)c4c3)cc2)c1. The summed E-state index contributed by atoms with van der Waals surface area (Å²) in [6, 6.07) is 61.2. The van der Waals surface area contributed by atoms with Gasteiger partial charge >= 0.3 is 0 Å². The van der Waals surface area contributed by atoms with E-state index in [1.165, 1.54) is 72.0 Å². The summed E-state index contributed by atoms with van der Waals surface area (Å²) in [5.74, 6) is 0. The van der Waals surface area contributed by atoms with Crippen LogP contribution in [0.5, 0.6) is 0 Å². The molecule has 0 aliphatic heterocycles. The highest BCUT2D eigenvalue weighted by atomic mass is 79.9. The van der Waals surface area contributed by atoms with E-state index in [-0.39, 0.29) is 0 Å². The van der Waals surface area contributed by atoms with Gasteiger partial charge in [-0.15, -0.1) is 0 Å². The third kappa shape index (κ3) is 4.74. The molecular formula is C42H28BrN. The summed E-state index contributed by atoms with van der Waals surface area (Å²) in [5.41, 5.74) is 13.2. The molecule has 8 rings (SSSR count). The summed E-state index contributed by atoms with van der Waals surface area (Å²) >= 11 is 3.61. The minimum atomic E-state index is 1.09. The largest absolute Gasteiger partial charge is 0.309 e. The molecule has 208 valence electrons. The predicted molar refractivity (Wildman–Crippen MR) is 190 cm³/mol. The summed E-state index contributed by atoms with van der Waals surface area (Å²) in [6.45, 7) is 0. The summed E-state index contributed by atoms with van der Waals surface area (Å²) in [5, 5.41) is 2.51. The smallest absolute Gasteiger partial charge is 0.0547 e. The Labute approximate surface area is 265 Å². The quantitative estimate of drug-likeness (QED) is 0.179. The van der Waals surface area contributed by atoms with Crippen molar-refractivity contribution >= 4 is 37.7 Å². The van der Waals surface area contributed by atoms with Crippen molar-refractivity contribution in [3.63, 3.8) is 0 Å². The molecule has 0 aliphatic rings. The van der Waals surface area contributed by atoms with E-state index in [2.05, 4.69) is 190 Å². The van der Waals surface area contributed by atoms with Crippen LogP contribution in [0.25, 0.3) is 72.0 Å². The van der Waals surface area contributed by atoms with Crippen molar-refractivity contribution in [2.45, 2.75) is 0 Å². The molecule has 1 heterocycles. The Kier molecular flexibility index (Phi) is 6.70. The summed E-state index contributed by atoms with van der Waals surface area (Å²) in [4.78, 5) is 0. The Balaban J connectivity index is 1.29. The number of nitrogens with zero attached hydrogens (tertiary/aromatic N) is 1. The molecule has 1 aromatic heterocycles. The van der Waals surface area contributed by atoms with Gasteiger partial charge in [0.25, 0.3) is 0 Å². The number of fused-ring (bicyclic) bond motifs is 3. The zero-order valence-electron chi connectivity index (χ0n) is 24.0. The molecule has 2 heteroatoms. The lowest BCUT2D eigenvalue weighted by Gasteiger charge is -2.15. The molecule has 0 amide bonds. The fourth-order valence-corrected chi connectivity index (χ4v) is 6.74. The monoisotopic (exact) mass is 625 g/mol. The van der Waals surface area contributed by atoms with Crippen molar-refractivity contribution in [1.29, 1.82) is 0 Å². The molecule has 0 fully saturated rings. The number of halogens is 1. The summed E-state index contributed by atoms with van der Waals surface area (Å²) in [6.07, 6.45) is 0. The maximum atomic E-state index is 3.61. The van der Waals surface area contributed by atoms with Crippen molar-refractivity contribution in [3.05, 3.63) is 174 Å². The van der Waals surface area contributed by atoms with E-state index in [1.54, 1.807) is 0 Å². The number of rotatable bonds is 5. The molecule has 0 spiro atoms. The van der Waals surface area contributed by atoms with E-state index < -0.39 is 0 Å². The van der Waals surface area contributed by atoms with Crippen molar-refractivity contribution in [2.24, 2.45) is 0 Å². The van der Waals surface area contributed by atoms with Gasteiger partial charge in [0.2, 0.25) is 0 Å². The third-order valence-electron chi connectivity index (χ3n) is 8.48. The van der Waals surface area contributed by atoms with Gasteiger partial charge in [-0.3, -0.25) is 0 Å². The van der Waals surface area contributed by atoms with E-state index in [1.807, 2.05) is 0 Å². The van der Waals surface area contributed by atoms with Crippen LogP contribution in [0.15, 0.2) is 174 Å². The Bertz CT molecular complexity index is 2280. The molecule has 0 unspecified atom stereocenters. The van der Waals surface area contributed by atoms with Gasteiger partial charge in [0.05, 0.1) is 16.7 Å². The first kappa shape index (κ1) is 26.4. The van der Waals surface area contributed by atoms with E-state index in [0.717, 1.165) is 4.47 Å². The van der Waals surface area contributed by atoms with Gasteiger partial charge in [0, 0.05) is 20.8 Å². The van der Waals surface area contributed by atoms with Gasteiger partial charge in [0.15, 0.2) is 0 Å². The molecule has 7 aromatic carbocycles. The van der Waals surface area contributed by atoms with E-state index in [4.69, 9.17) is 0 Å². The minimum Gasteiger partial charge on any atom is -0.309 e. The van der Waals surface area contributed by atoms with Crippen LogP contribution in [-0.4, -0.2) is 4.57 Å². The molecule has 0 N–H and O–H groups in total.